The van der Waals surface area contributed by atoms with Crippen molar-refractivity contribution in [1.82, 2.24) is 10.2 Å². The fourth-order valence-corrected chi connectivity index (χ4v) is 1.89. The Hall–Kier alpha value is -0.130. The van der Waals surface area contributed by atoms with Crippen LogP contribution in [0.2, 0.25) is 0 Å². The highest BCUT2D eigenvalue weighted by atomic mass is 127. The van der Waals surface area contributed by atoms with E-state index in [9.17, 15) is 0 Å². The minimum Gasteiger partial charge on any atom is -0.416 e. The molecule has 1 aliphatic carbocycles. The number of nitrogens with zero attached hydrogens (tertiary/aromatic N) is 2. The van der Waals surface area contributed by atoms with Gasteiger partial charge in [-0.2, -0.15) is 0 Å². The van der Waals surface area contributed by atoms with Crippen molar-refractivity contribution in [1.29, 1.82) is 0 Å². The zero-order valence-corrected chi connectivity index (χ0v) is 8.24. The normalized spacial score (nSPS) is 19.4. The van der Waals surface area contributed by atoms with E-state index in [0.29, 0.717) is 9.82 Å². The zero-order valence-electron chi connectivity index (χ0n) is 6.09. The van der Waals surface area contributed by atoms with Crippen LogP contribution in [0.4, 0.5) is 0 Å². The molecular formula is C7H9IN2O. The molecule has 4 heteroatoms. The lowest BCUT2D eigenvalue weighted by atomic mass is 10.1. The molecule has 0 bridgehead atoms. The Balaban J connectivity index is 2.15. The van der Waals surface area contributed by atoms with Crippen LogP contribution in [-0.2, 0) is 0 Å². The average molecular weight is 264 g/mol. The van der Waals surface area contributed by atoms with Gasteiger partial charge in [0.05, 0.1) is 0 Å². The van der Waals surface area contributed by atoms with Crippen molar-refractivity contribution >= 4 is 22.6 Å². The molecule has 1 fully saturated rings. The van der Waals surface area contributed by atoms with Crippen molar-refractivity contribution in [2.24, 2.45) is 0 Å². The summed E-state index contributed by atoms with van der Waals surface area (Å²) in [6.45, 7) is 0. The quantitative estimate of drug-likeness (QED) is 0.731. The smallest absolute Gasteiger partial charge is 0.278 e. The molecule has 1 aromatic heterocycles. The topological polar surface area (TPSA) is 38.9 Å². The predicted molar refractivity (Wildman–Crippen MR) is 48.2 cm³/mol. The zero-order chi connectivity index (χ0) is 7.68. The third-order valence-corrected chi connectivity index (χ3v) is 2.56. The second kappa shape index (κ2) is 3.08. The molecule has 0 amide bonds. The number of hydrogen-bond donors (Lipinski definition) is 0. The predicted octanol–water partition coefficient (Wildman–Crippen LogP) is 2.33. The lowest BCUT2D eigenvalue weighted by Crippen LogP contribution is -1.91. The fourth-order valence-electron chi connectivity index (χ4n) is 1.55. The van der Waals surface area contributed by atoms with E-state index in [1.54, 1.807) is 0 Å². The van der Waals surface area contributed by atoms with Crippen LogP contribution in [0.5, 0.6) is 0 Å². The maximum atomic E-state index is 5.33. The molecule has 0 aromatic carbocycles. The van der Waals surface area contributed by atoms with Gasteiger partial charge in [0.2, 0.25) is 5.89 Å². The standard InChI is InChI=1S/C7H9IN2O/c8-7-10-9-6(11-7)5-3-1-2-4-5/h5H,1-4H2. The summed E-state index contributed by atoms with van der Waals surface area (Å²) in [6, 6.07) is 0. The van der Waals surface area contributed by atoms with Crippen LogP contribution in [0, 0.1) is 3.90 Å². The van der Waals surface area contributed by atoms with Crippen LogP contribution in [0.1, 0.15) is 37.5 Å². The van der Waals surface area contributed by atoms with Crippen LogP contribution in [0.25, 0.3) is 0 Å². The van der Waals surface area contributed by atoms with Gasteiger partial charge in [0.25, 0.3) is 3.90 Å². The summed E-state index contributed by atoms with van der Waals surface area (Å²) in [4.78, 5) is 0. The van der Waals surface area contributed by atoms with Gasteiger partial charge in [-0.05, 0) is 12.8 Å². The number of hydrogen-bond acceptors (Lipinski definition) is 3. The van der Waals surface area contributed by atoms with Gasteiger partial charge in [-0.1, -0.05) is 12.8 Å². The van der Waals surface area contributed by atoms with E-state index in [2.05, 4.69) is 10.2 Å². The molecule has 0 atom stereocenters. The Morgan fingerprint density at radius 2 is 2.00 bits per heavy atom. The highest BCUT2D eigenvalue weighted by Gasteiger charge is 2.21. The summed E-state index contributed by atoms with van der Waals surface area (Å²) in [5, 5.41) is 7.80. The fraction of sp³-hybridized carbons (Fsp3) is 0.714. The van der Waals surface area contributed by atoms with E-state index in [-0.39, 0.29) is 0 Å². The molecule has 2 rings (SSSR count). The molecule has 0 saturated heterocycles. The van der Waals surface area contributed by atoms with Crippen molar-refractivity contribution in [2.45, 2.75) is 31.6 Å². The summed E-state index contributed by atoms with van der Waals surface area (Å²) >= 11 is 2.05. The van der Waals surface area contributed by atoms with Gasteiger partial charge in [-0.15, -0.1) is 10.2 Å². The first-order chi connectivity index (χ1) is 5.36. The van der Waals surface area contributed by atoms with Crippen LogP contribution in [0.15, 0.2) is 4.42 Å². The van der Waals surface area contributed by atoms with E-state index in [4.69, 9.17) is 4.42 Å². The number of aromatic nitrogens is 2. The molecular weight excluding hydrogens is 255 g/mol. The largest absolute Gasteiger partial charge is 0.416 e. The third kappa shape index (κ3) is 1.55. The van der Waals surface area contributed by atoms with E-state index in [1.807, 2.05) is 22.6 Å². The Labute approximate surface area is 78.7 Å². The Bertz CT molecular complexity index is 242. The summed E-state index contributed by atoms with van der Waals surface area (Å²) in [5.41, 5.74) is 0. The highest BCUT2D eigenvalue weighted by Crippen LogP contribution is 2.33. The van der Waals surface area contributed by atoms with Crippen LogP contribution in [-0.4, -0.2) is 10.2 Å². The molecule has 0 spiro atoms. The van der Waals surface area contributed by atoms with E-state index < -0.39 is 0 Å². The van der Waals surface area contributed by atoms with Crippen LogP contribution < -0.4 is 0 Å². The van der Waals surface area contributed by atoms with Crippen molar-refractivity contribution in [3.05, 3.63) is 9.79 Å². The second-order valence-electron chi connectivity index (χ2n) is 2.87. The molecule has 1 heterocycles. The van der Waals surface area contributed by atoms with Gasteiger partial charge in [-0.3, -0.25) is 0 Å². The van der Waals surface area contributed by atoms with E-state index in [0.717, 1.165) is 5.89 Å². The summed E-state index contributed by atoms with van der Waals surface area (Å²) in [7, 11) is 0. The molecule has 3 nitrogen and oxygen atoms in total. The molecule has 11 heavy (non-hydrogen) atoms. The van der Waals surface area contributed by atoms with E-state index >= 15 is 0 Å². The molecule has 0 radical (unpaired) electrons. The number of rotatable bonds is 1. The molecule has 0 unspecified atom stereocenters. The van der Waals surface area contributed by atoms with Gasteiger partial charge in [0, 0.05) is 28.5 Å². The van der Waals surface area contributed by atoms with Gasteiger partial charge in [-0.25, -0.2) is 0 Å². The summed E-state index contributed by atoms with van der Waals surface area (Å²) < 4.78 is 5.99. The summed E-state index contributed by atoms with van der Waals surface area (Å²) in [5.74, 6) is 1.39. The first-order valence-corrected chi connectivity index (χ1v) is 4.93. The minimum atomic E-state index is 0.547. The van der Waals surface area contributed by atoms with Crippen LogP contribution in [0.3, 0.4) is 0 Å². The van der Waals surface area contributed by atoms with Gasteiger partial charge in [0.15, 0.2) is 0 Å². The Morgan fingerprint density at radius 1 is 1.27 bits per heavy atom. The molecule has 1 aliphatic rings. The first kappa shape index (κ1) is 7.52. The third-order valence-electron chi connectivity index (χ3n) is 2.12. The minimum absolute atomic E-state index is 0.547. The van der Waals surface area contributed by atoms with Crippen molar-refractivity contribution in [2.75, 3.05) is 0 Å². The van der Waals surface area contributed by atoms with Crippen LogP contribution >= 0.6 is 22.6 Å². The van der Waals surface area contributed by atoms with Crippen molar-refractivity contribution in [3.8, 4) is 0 Å². The first-order valence-electron chi connectivity index (χ1n) is 3.85. The second-order valence-corrected chi connectivity index (χ2v) is 3.80. The lowest BCUT2D eigenvalue weighted by molar-refractivity contribution is 0.430. The maximum Gasteiger partial charge on any atom is 0.278 e. The molecule has 60 valence electrons. The van der Waals surface area contributed by atoms with Gasteiger partial charge >= 0.3 is 0 Å². The van der Waals surface area contributed by atoms with E-state index in [1.165, 1.54) is 25.7 Å². The Kier molecular flexibility index (Phi) is 2.11. The monoisotopic (exact) mass is 264 g/mol. The van der Waals surface area contributed by atoms with Crippen molar-refractivity contribution in [3.63, 3.8) is 0 Å². The molecule has 0 N–H and O–H groups in total. The van der Waals surface area contributed by atoms with Gasteiger partial charge < -0.3 is 4.42 Å². The average Bonchev–Trinajstić information content (AvgIpc) is 2.55. The lowest BCUT2D eigenvalue weighted by Gasteiger charge is -1.99. The molecule has 1 aromatic rings. The summed E-state index contributed by atoms with van der Waals surface area (Å²) in [6.07, 6.45) is 5.06. The Morgan fingerprint density at radius 3 is 2.55 bits per heavy atom. The maximum absolute atomic E-state index is 5.33. The molecule has 0 aliphatic heterocycles. The highest BCUT2D eigenvalue weighted by molar-refractivity contribution is 14.1. The number of halogens is 1. The SMILES string of the molecule is Ic1nnc(C2CCCC2)o1. The molecule has 1 saturated carbocycles. The van der Waals surface area contributed by atoms with Gasteiger partial charge in [0.1, 0.15) is 0 Å². The van der Waals surface area contributed by atoms with Crippen molar-refractivity contribution < 1.29 is 4.42 Å².